The van der Waals surface area contributed by atoms with Crippen LogP contribution in [0.4, 0.5) is 0 Å². The summed E-state index contributed by atoms with van der Waals surface area (Å²) in [4.78, 5) is 42.8. The minimum absolute atomic E-state index is 0.0198. The Morgan fingerprint density at radius 3 is 1.68 bits per heavy atom. The maximum absolute atomic E-state index is 11.3. The van der Waals surface area contributed by atoms with Crippen molar-refractivity contribution in [3.8, 4) is 0 Å². The fourth-order valence-electron chi connectivity index (χ4n) is 3.51. The zero-order valence-corrected chi connectivity index (χ0v) is 22.1. The molecule has 3 rings (SSSR count). The van der Waals surface area contributed by atoms with E-state index < -0.39 is 42.6 Å². The Labute approximate surface area is 231 Å². The van der Waals surface area contributed by atoms with Gasteiger partial charge in [-0.25, -0.2) is 14.4 Å². The number of aliphatic hydroxyl groups is 3. The van der Waals surface area contributed by atoms with Crippen molar-refractivity contribution in [1.82, 2.24) is 15.0 Å². The van der Waals surface area contributed by atoms with E-state index in [4.69, 9.17) is 10.2 Å². The molecule has 3 aromatic rings. The molecule has 0 fully saturated rings. The molecule has 12 nitrogen and oxygen atoms in total. The third kappa shape index (κ3) is 10.8. The molecule has 0 saturated carbocycles. The number of carboxylic acid groups (broad SMARTS) is 3. The van der Waals surface area contributed by atoms with Crippen LogP contribution in [-0.4, -0.2) is 76.7 Å². The van der Waals surface area contributed by atoms with Crippen molar-refractivity contribution in [2.75, 3.05) is 13.2 Å². The highest BCUT2D eigenvalue weighted by Gasteiger charge is 2.40. The fourth-order valence-corrected chi connectivity index (χ4v) is 3.51. The third-order valence-electron chi connectivity index (χ3n) is 5.88. The average molecular weight is 558 g/mol. The van der Waals surface area contributed by atoms with Crippen LogP contribution in [0.25, 0.3) is 0 Å². The predicted octanol–water partition coefficient (Wildman–Crippen LogP) is 3.31. The predicted molar refractivity (Wildman–Crippen MR) is 144 cm³/mol. The van der Waals surface area contributed by atoms with E-state index in [1.54, 1.807) is 12.1 Å². The topological polar surface area (TPSA) is 211 Å². The number of aliphatic hydroxyl groups excluding tert-OH is 3. The van der Waals surface area contributed by atoms with Crippen LogP contribution in [0, 0.1) is 5.41 Å². The first kappa shape index (κ1) is 33.8. The lowest BCUT2D eigenvalue weighted by atomic mass is 9.76. The van der Waals surface area contributed by atoms with E-state index in [1.165, 1.54) is 55.2 Å². The molecule has 0 aliphatic heterocycles. The normalized spacial score (nSPS) is 11.2. The van der Waals surface area contributed by atoms with Crippen molar-refractivity contribution >= 4 is 17.9 Å². The Balaban J connectivity index is 0.000000361. The van der Waals surface area contributed by atoms with Crippen molar-refractivity contribution in [2.45, 2.75) is 45.1 Å². The molecule has 0 bridgehead atoms. The minimum Gasteiger partial charge on any atom is -0.478 e. The highest BCUT2D eigenvalue weighted by atomic mass is 16.4. The molecule has 216 valence electrons. The number of hydrogen-bond donors (Lipinski definition) is 6. The van der Waals surface area contributed by atoms with E-state index in [9.17, 15) is 34.8 Å². The molecule has 6 N–H and O–H groups in total. The molecule has 3 heterocycles. The van der Waals surface area contributed by atoms with Gasteiger partial charge in [-0.1, -0.05) is 32.6 Å². The van der Waals surface area contributed by atoms with Crippen LogP contribution in [0.3, 0.4) is 0 Å². The van der Waals surface area contributed by atoms with Gasteiger partial charge < -0.3 is 30.6 Å². The number of pyridine rings is 3. The lowest BCUT2D eigenvalue weighted by molar-refractivity contribution is -0.0642. The van der Waals surface area contributed by atoms with Crippen LogP contribution >= 0.6 is 0 Å². The zero-order chi connectivity index (χ0) is 30.0. The van der Waals surface area contributed by atoms with Crippen LogP contribution < -0.4 is 0 Å². The van der Waals surface area contributed by atoms with Crippen molar-refractivity contribution in [3.05, 3.63) is 89.8 Å². The monoisotopic (exact) mass is 557 g/mol. The van der Waals surface area contributed by atoms with Gasteiger partial charge in [0.2, 0.25) is 0 Å². The van der Waals surface area contributed by atoms with Crippen LogP contribution in [0.1, 0.15) is 81.9 Å². The Kier molecular flexibility index (Phi) is 15.3. The van der Waals surface area contributed by atoms with E-state index in [0.717, 1.165) is 25.7 Å². The first-order chi connectivity index (χ1) is 19.1. The molecule has 0 aromatic carbocycles. The molecule has 12 heteroatoms. The first-order valence-corrected chi connectivity index (χ1v) is 12.5. The molecule has 1 unspecified atom stereocenters. The van der Waals surface area contributed by atoms with Crippen LogP contribution in [0.2, 0.25) is 0 Å². The molecule has 0 aliphatic carbocycles. The molecule has 0 amide bonds. The Hall–Kier alpha value is -4.26. The third-order valence-corrected chi connectivity index (χ3v) is 5.88. The summed E-state index contributed by atoms with van der Waals surface area (Å²) in [5.41, 5.74) is -0.884. The zero-order valence-electron chi connectivity index (χ0n) is 22.1. The van der Waals surface area contributed by atoms with Crippen LogP contribution in [-0.2, 0) is 0 Å². The fraction of sp³-hybridized carbons (Fsp3) is 0.357. The Morgan fingerprint density at radius 1 is 0.775 bits per heavy atom. The van der Waals surface area contributed by atoms with Gasteiger partial charge in [0.05, 0.1) is 35.6 Å². The second-order valence-electron chi connectivity index (χ2n) is 8.73. The van der Waals surface area contributed by atoms with Crippen LogP contribution in [0.5, 0.6) is 0 Å². The molecule has 0 aliphatic rings. The second kappa shape index (κ2) is 18.1. The van der Waals surface area contributed by atoms with Gasteiger partial charge in [0, 0.05) is 36.4 Å². The lowest BCUT2D eigenvalue weighted by Gasteiger charge is -2.35. The quantitative estimate of drug-likeness (QED) is 0.177. The number of nitrogens with zero attached hydrogens (tertiary/aromatic N) is 3. The molecule has 3 aromatic heterocycles. The summed E-state index contributed by atoms with van der Waals surface area (Å²) in [5, 5.41) is 55.9. The van der Waals surface area contributed by atoms with Gasteiger partial charge in [0.15, 0.2) is 0 Å². The number of hydrogen-bond acceptors (Lipinski definition) is 9. The largest absolute Gasteiger partial charge is 0.478 e. The number of aromatic nitrogens is 3. The van der Waals surface area contributed by atoms with Gasteiger partial charge in [-0.3, -0.25) is 15.0 Å². The number of carbonyl (C=O) groups is 3. The molecule has 0 saturated heterocycles. The van der Waals surface area contributed by atoms with Gasteiger partial charge in [0.1, 0.15) is 6.10 Å². The van der Waals surface area contributed by atoms with E-state index in [2.05, 4.69) is 21.9 Å². The highest BCUT2D eigenvalue weighted by Crippen LogP contribution is 2.38. The summed E-state index contributed by atoms with van der Waals surface area (Å²) < 4.78 is 0. The van der Waals surface area contributed by atoms with Crippen molar-refractivity contribution in [2.24, 2.45) is 5.41 Å². The van der Waals surface area contributed by atoms with Crippen molar-refractivity contribution in [1.29, 1.82) is 0 Å². The number of unbranched alkanes of at least 4 members (excludes halogenated alkanes) is 3. The Morgan fingerprint density at radius 2 is 1.30 bits per heavy atom. The smallest absolute Gasteiger partial charge is 0.337 e. The van der Waals surface area contributed by atoms with E-state index >= 15 is 0 Å². The average Bonchev–Trinajstić information content (AvgIpc) is 2.99. The number of rotatable bonds is 12. The van der Waals surface area contributed by atoms with E-state index in [1.807, 2.05) is 0 Å². The maximum atomic E-state index is 11.3. The Bertz CT molecular complexity index is 1120. The molecular weight excluding hydrogens is 522 g/mol. The van der Waals surface area contributed by atoms with Gasteiger partial charge >= 0.3 is 17.9 Å². The van der Waals surface area contributed by atoms with Crippen molar-refractivity contribution in [3.63, 3.8) is 0 Å². The summed E-state index contributed by atoms with van der Waals surface area (Å²) in [6.45, 7) is 1.20. The van der Waals surface area contributed by atoms with Gasteiger partial charge in [-0.2, -0.15) is 0 Å². The maximum Gasteiger partial charge on any atom is 0.337 e. The molecule has 0 spiro atoms. The number of aromatic carboxylic acids is 3. The van der Waals surface area contributed by atoms with E-state index in [0.29, 0.717) is 6.42 Å². The van der Waals surface area contributed by atoms with E-state index in [-0.39, 0.29) is 22.4 Å². The van der Waals surface area contributed by atoms with Gasteiger partial charge in [-0.05, 0) is 42.8 Å². The molecular formula is C28H35N3O9. The summed E-state index contributed by atoms with van der Waals surface area (Å²) in [6.07, 6.45) is 9.89. The molecule has 0 radical (unpaired) electrons. The number of carboxylic acids is 3. The van der Waals surface area contributed by atoms with Crippen LogP contribution in [0.15, 0.2) is 67.4 Å². The summed E-state index contributed by atoms with van der Waals surface area (Å²) in [6, 6.07) is 8.99. The summed E-state index contributed by atoms with van der Waals surface area (Å²) in [5.74, 6) is -3.08. The second-order valence-corrected chi connectivity index (χ2v) is 8.73. The summed E-state index contributed by atoms with van der Waals surface area (Å²) in [7, 11) is 0. The highest BCUT2D eigenvalue weighted by molar-refractivity contribution is 5.89. The van der Waals surface area contributed by atoms with Gasteiger partial charge in [-0.15, -0.1) is 0 Å². The SMILES string of the molecule is CCCCCCC(CO)(CO)C(O)c1ncccc1C(=O)O.O=C(O)c1cccnc1.O=C(O)c1cccnc1. The minimum atomic E-state index is -1.34. The summed E-state index contributed by atoms with van der Waals surface area (Å²) >= 11 is 0. The molecule has 40 heavy (non-hydrogen) atoms. The lowest BCUT2D eigenvalue weighted by Crippen LogP contribution is -2.38. The first-order valence-electron chi connectivity index (χ1n) is 12.5. The van der Waals surface area contributed by atoms with Crippen molar-refractivity contribution < 1.29 is 45.0 Å². The van der Waals surface area contributed by atoms with Gasteiger partial charge in [0.25, 0.3) is 0 Å². The standard InChI is InChI=1S/C16H25NO5.2C6H5NO2/c1-2-3-4-5-8-16(10-18,11-19)14(20)13-12(15(21)22)7-6-9-17-13;2*8-6(9)5-2-1-3-7-4-5/h6-7,9,14,18-20H,2-5,8,10-11H2,1H3,(H,21,22);2*1-4H,(H,8,9). The molecule has 1 atom stereocenters.